The van der Waals surface area contributed by atoms with Gasteiger partial charge in [0.2, 0.25) is 0 Å². The maximum atomic E-state index is 13.4. The van der Waals surface area contributed by atoms with Crippen molar-refractivity contribution in [3.05, 3.63) is 82.2 Å². The number of hydrogen-bond donors (Lipinski definition) is 1. The first-order chi connectivity index (χ1) is 15.0. The molecule has 0 aliphatic heterocycles. The maximum Gasteiger partial charge on any atom is 0.266 e. The lowest BCUT2D eigenvalue weighted by Crippen LogP contribution is -2.11. The Labute approximate surface area is 194 Å². The fraction of sp³-hybridized carbons (Fsp3) is 0.120. The zero-order chi connectivity index (χ0) is 22.0. The van der Waals surface area contributed by atoms with E-state index in [2.05, 4.69) is 25.2 Å². The van der Waals surface area contributed by atoms with Gasteiger partial charge in [-0.25, -0.2) is 0 Å². The van der Waals surface area contributed by atoms with E-state index in [1.165, 1.54) is 11.3 Å². The quantitative estimate of drug-likeness (QED) is 0.307. The Kier molecular flexibility index (Phi) is 6.33. The summed E-state index contributed by atoms with van der Waals surface area (Å²) >= 11 is 9.03. The Morgan fingerprint density at radius 2 is 1.77 bits per heavy atom. The van der Waals surface area contributed by atoms with Gasteiger partial charge in [-0.3, -0.25) is 4.79 Å². The predicted octanol–water partition coefficient (Wildman–Crippen LogP) is 7.85. The second kappa shape index (κ2) is 9.15. The molecule has 0 saturated carbocycles. The molecule has 1 aromatic heterocycles. The van der Waals surface area contributed by atoms with Crippen LogP contribution in [0.25, 0.3) is 21.9 Å². The van der Waals surface area contributed by atoms with E-state index in [1.807, 2.05) is 54.6 Å². The number of hydrogen-bond acceptors (Lipinski definition) is 4. The number of anilines is 1. The number of benzene rings is 3. The second-order valence-corrected chi connectivity index (χ2v) is 10.5. The Morgan fingerprint density at radius 1 is 1.06 bits per heavy atom. The summed E-state index contributed by atoms with van der Waals surface area (Å²) in [6.45, 7) is 4.15. The monoisotopic (exact) mass is 462 g/mol. The third-order valence-electron chi connectivity index (χ3n) is 4.71. The molecule has 0 radical (unpaired) electrons. The van der Waals surface area contributed by atoms with Gasteiger partial charge in [-0.2, -0.15) is 5.26 Å². The van der Waals surface area contributed by atoms with Gasteiger partial charge in [-0.15, -0.1) is 23.1 Å². The molecule has 154 valence electrons. The first-order valence-electron chi connectivity index (χ1n) is 9.76. The third-order valence-corrected chi connectivity index (χ3v) is 7.37. The fourth-order valence-corrected chi connectivity index (χ4v) is 6.11. The Bertz CT molecular complexity index is 1300. The number of fused-ring (bicyclic) bond motifs is 1. The summed E-state index contributed by atoms with van der Waals surface area (Å²) in [5, 5.41) is 15.9. The molecule has 0 atom stereocenters. The van der Waals surface area contributed by atoms with E-state index in [0.29, 0.717) is 21.0 Å². The molecule has 3 aromatic carbocycles. The number of thiophene rings is 1. The van der Waals surface area contributed by atoms with E-state index in [4.69, 9.17) is 11.6 Å². The summed E-state index contributed by atoms with van der Waals surface area (Å²) in [7, 11) is 0. The highest BCUT2D eigenvalue weighted by atomic mass is 35.5. The van der Waals surface area contributed by atoms with Crippen LogP contribution in [-0.4, -0.2) is 11.2 Å². The smallest absolute Gasteiger partial charge is 0.266 e. The molecule has 3 nitrogen and oxygen atoms in total. The van der Waals surface area contributed by atoms with Crippen LogP contribution < -0.4 is 5.32 Å². The van der Waals surface area contributed by atoms with Gasteiger partial charge in [0.15, 0.2) is 0 Å². The summed E-state index contributed by atoms with van der Waals surface area (Å²) in [6, 6.07) is 23.3. The number of carbonyl (C=O) groups excluding carboxylic acids is 1. The van der Waals surface area contributed by atoms with Crippen LogP contribution in [-0.2, 0) is 0 Å². The minimum atomic E-state index is -0.224. The standard InChI is InChI=1S/C25H19ClN2OS2/c1-15(2)30-25-20(14-27)22(17-10-12-18(26)13-11-17)23(31-25)24(29)28-21-9-5-7-16-6-3-4-8-19(16)21/h3-13,15H,1-2H3,(H,28,29). The second-order valence-electron chi connectivity index (χ2n) is 7.23. The minimum absolute atomic E-state index is 0.224. The molecular formula is C25H19ClN2OS2. The fourth-order valence-electron chi connectivity index (χ4n) is 3.37. The van der Waals surface area contributed by atoms with Crippen LogP contribution in [0.3, 0.4) is 0 Å². The van der Waals surface area contributed by atoms with Crippen molar-refractivity contribution >= 4 is 57.1 Å². The average Bonchev–Trinajstić information content (AvgIpc) is 3.12. The highest BCUT2D eigenvalue weighted by molar-refractivity contribution is 8.01. The van der Waals surface area contributed by atoms with E-state index < -0.39 is 0 Å². The Balaban J connectivity index is 1.82. The van der Waals surface area contributed by atoms with Gasteiger partial charge in [-0.1, -0.05) is 74.0 Å². The first-order valence-corrected chi connectivity index (χ1v) is 11.8. The number of nitriles is 1. The lowest BCUT2D eigenvalue weighted by molar-refractivity contribution is 0.103. The number of halogens is 1. The van der Waals surface area contributed by atoms with Crippen LogP contribution in [0.15, 0.2) is 70.9 Å². The van der Waals surface area contributed by atoms with Crippen molar-refractivity contribution in [3.8, 4) is 17.2 Å². The largest absolute Gasteiger partial charge is 0.321 e. The van der Waals surface area contributed by atoms with Crippen LogP contribution in [0.2, 0.25) is 5.02 Å². The summed E-state index contributed by atoms with van der Waals surface area (Å²) in [5.41, 5.74) is 2.74. The maximum absolute atomic E-state index is 13.4. The van der Waals surface area contributed by atoms with E-state index >= 15 is 0 Å². The normalized spacial score (nSPS) is 10.9. The van der Waals surface area contributed by atoms with Gasteiger partial charge in [-0.05, 0) is 29.1 Å². The summed E-state index contributed by atoms with van der Waals surface area (Å²) in [5.74, 6) is -0.224. The van der Waals surface area contributed by atoms with Crippen molar-refractivity contribution < 1.29 is 4.79 Å². The van der Waals surface area contributed by atoms with Crippen LogP contribution >= 0.6 is 34.7 Å². The molecule has 1 N–H and O–H groups in total. The number of amides is 1. The zero-order valence-corrected chi connectivity index (χ0v) is 19.4. The number of thioether (sulfide) groups is 1. The van der Waals surface area contributed by atoms with Gasteiger partial charge < -0.3 is 5.32 Å². The highest BCUT2D eigenvalue weighted by Gasteiger charge is 2.25. The molecule has 31 heavy (non-hydrogen) atoms. The van der Waals surface area contributed by atoms with Crippen molar-refractivity contribution in [1.29, 1.82) is 5.26 Å². The van der Waals surface area contributed by atoms with Gasteiger partial charge in [0, 0.05) is 26.9 Å². The summed E-state index contributed by atoms with van der Waals surface area (Å²) < 4.78 is 0.852. The molecule has 6 heteroatoms. The predicted molar refractivity (Wildman–Crippen MR) is 132 cm³/mol. The van der Waals surface area contributed by atoms with Gasteiger partial charge in [0.05, 0.1) is 9.77 Å². The van der Waals surface area contributed by atoms with Crippen LogP contribution in [0, 0.1) is 11.3 Å². The minimum Gasteiger partial charge on any atom is -0.321 e. The van der Waals surface area contributed by atoms with Crippen molar-refractivity contribution in [2.45, 2.75) is 23.3 Å². The molecule has 1 heterocycles. The van der Waals surface area contributed by atoms with Gasteiger partial charge >= 0.3 is 0 Å². The summed E-state index contributed by atoms with van der Waals surface area (Å²) in [4.78, 5) is 14.0. The highest BCUT2D eigenvalue weighted by Crippen LogP contribution is 2.43. The molecule has 0 aliphatic rings. The number of rotatable bonds is 5. The average molecular weight is 463 g/mol. The first kappa shape index (κ1) is 21.5. The lowest BCUT2D eigenvalue weighted by atomic mass is 10.0. The lowest BCUT2D eigenvalue weighted by Gasteiger charge is -2.10. The number of carbonyl (C=O) groups is 1. The van der Waals surface area contributed by atoms with E-state index in [-0.39, 0.29) is 11.2 Å². The molecule has 0 spiro atoms. The van der Waals surface area contributed by atoms with Crippen molar-refractivity contribution in [2.75, 3.05) is 5.32 Å². The number of nitrogens with one attached hydrogen (secondary N) is 1. The molecule has 4 rings (SSSR count). The van der Waals surface area contributed by atoms with Gasteiger partial charge in [0.1, 0.15) is 10.9 Å². The number of nitrogens with zero attached hydrogens (tertiary/aromatic N) is 1. The van der Waals surface area contributed by atoms with Crippen molar-refractivity contribution in [1.82, 2.24) is 0 Å². The van der Waals surface area contributed by atoms with Crippen LogP contribution in [0.5, 0.6) is 0 Å². The molecule has 0 aliphatic carbocycles. The Hall–Kier alpha value is -2.78. The molecule has 0 fully saturated rings. The molecular weight excluding hydrogens is 444 g/mol. The van der Waals surface area contributed by atoms with Crippen LogP contribution in [0.1, 0.15) is 29.1 Å². The zero-order valence-electron chi connectivity index (χ0n) is 17.0. The third kappa shape index (κ3) is 4.47. The van der Waals surface area contributed by atoms with E-state index in [0.717, 1.165) is 26.2 Å². The molecule has 0 saturated heterocycles. The van der Waals surface area contributed by atoms with E-state index in [1.54, 1.807) is 23.9 Å². The molecule has 0 bridgehead atoms. The molecule has 4 aromatic rings. The van der Waals surface area contributed by atoms with Gasteiger partial charge in [0.25, 0.3) is 5.91 Å². The van der Waals surface area contributed by atoms with Crippen molar-refractivity contribution in [2.24, 2.45) is 0 Å². The van der Waals surface area contributed by atoms with Crippen LogP contribution in [0.4, 0.5) is 5.69 Å². The Morgan fingerprint density at radius 3 is 2.48 bits per heavy atom. The summed E-state index contributed by atoms with van der Waals surface area (Å²) in [6.07, 6.45) is 0. The topological polar surface area (TPSA) is 52.9 Å². The van der Waals surface area contributed by atoms with Crippen molar-refractivity contribution in [3.63, 3.8) is 0 Å². The van der Waals surface area contributed by atoms with E-state index in [9.17, 15) is 10.1 Å². The molecule has 0 unspecified atom stereocenters. The molecule has 1 amide bonds. The SMILES string of the molecule is CC(C)Sc1sc(C(=O)Nc2cccc3ccccc23)c(-c2ccc(Cl)cc2)c1C#N.